The van der Waals surface area contributed by atoms with Crippen LogP contribution < -0.4 is 0 Å². The molecule has 1 aliphatic heterocycles. The first-order chi connectivity index (χ1) is 10.0. The van der Waals surface area contributed by atoms with E-state index in [-0.39, 0.29) is 5.91 Å². The second-order valence-corrected chi connectivity index (χ2v) is 6.08. The number of methoxy groups -OCH3 is 1. The van der Waals surface area contributed by atoms with E-state index in [0.29, 0.717) is 31.4 Å². The number of ether oxygens (including phenoxy) is 1. The lowest BCUT2D eigenvalue weighted by Gasteiger charge is -2.17. The summed E-state index contributed by atoms with van der Waals surface area (Å²) in [6, 6.07) is 0. The summed E-state index contributed by atoms with van der Waals surface area (Å²) in [7, 11) is 1.66. The number of likely N-dealkylation sites (tertiary alicyclic amines) is 1. The van der Waals surface area contributed by atoms with Gasteiger partial charge in [-0.3, -0.25) is 4.79 Å². The van der Waals surface area contributed by atoms with Crippen LogP contribution in [0.1, 0.15) is 43.3 Å². The molecule has 0 N–H and O–H groups in total. The zero-order chi connectivity index (χ0) is 15.4. The quantitative estimate of drug-likeness (QED) is 0.804. The highest BCUT2D eigenvalue weighted by Gasteiger charge is 2.30. The van der Waals surface area contributed by atoms with Crippen LogP contribution >= 0.6 is 0 Å². The Labute approximate surface area is 126 Å². The Morgan fingerprint density at radius 1 is 1.48 bits per heavy atom. The summed E-state index contributed by atoms with van der Waals surface area (Å²) in [6.07, 6.45) is 3.40. The summed E-state index contributed by atoms with van der Waals surface area (Å²) in [4.78, 5) is 22.8. The SMILES string of the molecule is COCCN1C[C@H](Cc2nc(C)ncc2C(C)C)CC1=O. The molecule has 0 aliphatic carbocycles. The molecule has 5 nitrogen and oxygen atoms in total. The van der Waals surface area contributed by atoms with Crippen LogP contribution in [0.4, 0.5) is 0 Å². The average molecular weight is 291 g/mol. The zero-order valence-electron chi connectivity index (χ0n) is 13.4. The maximum absolute atomic E-state index is 12.0. The van der Waals surface area contributed by atoms with Gasteiger partial charge < -0.3 is 9.64 Å². The van der Waals surface area contributed by atoms with E-state index in [1.807, 2.05) is 18.0 Å². The summed E-state index contributed by atoms with van der Waals surface area (Å²) in [5.41, 5.74) is 2.30. The standard InChI is InChI=1S/C16H25N3O2/c1-11(2)14-9-17-12(3)18-15(14)7-13-8-16(20)19(10-13)5-6-21-4/h9,11,13H,5-8,10H2,1-4H3/t13-/m1/s1. The Kier molecular flexibility index (Phi) is 5.28. The van der Waals surface area contributed by atoms with Gasteiger partial charge in [0.2, 0.25) is 5.91 Å². The van der Waals surface area contributed by atoms with Crippen molar-refractivity contribution in [2.75, 3.05) is 26.8 Å². The van der Waals surface area contributed by atoms with E-state index < -0.39 is 0 Å². The fourth-order valence-electron chi connectivity index (χ4n) is 2.85. The van der Waals surface area contributed by atoms with Crippen molar-refractivity contribution in [3.63, 3.8) is 0 Å². The number of carbonyl (C=O) groups excluding carboxylic acids is 1. The Balaban J connectivity index is 2.06. The molecule has 2 rings (SSSR count). The van der Waals surface area contributed by atoms with Crippen molar-refractivity contribution in [1.82, 2.24) is 14.9 Å². The molecule has 0 saturated carbocycles. The molecule has 1 saturated heterocycles. The molecule has 116 valence electrons. The van der Waals surface area contributed by atoms with Crippen molar-refractivity contribution in [2.24, 2.45) is 5.92 Å². The lowest BCUT2D eigenvalue weighted by molar-refractivity contribution is -0.128. The molecule has 0 bridgehead atoms. The minimum Gasteiger partial charge on any atom is -0.383 e. The van der Waals surface area contributed by atoms with Crippen molar-refractivity contribution in [3.8, 4) is 0 Å². The van der Waals surface area contributed by atoms with Crippen LogP contribution in [0.15, 0.2) is 6.20 Å². The molecule has 1 atom stereocenters. The summed E-state index contributed by atoms with van der Waals surface area (Å²) < 4.78 is 5.06. The monoisotopic (exact) mass is 291 g/mol. The molecule has 1 aliphatic rings. The lowest BCUT2D eigenvalue weighted by Crippen LogP contribution is -2.29. The lowest BCUT2D eigenvalue weighted by atomic mass is 9.95. The van der Waals surface area contributed by atoms with Crippen LogP contribution in [-0.2, 0) is 16.0 Å². The van der Waals surface area contributed by atoms with Gasteiger partial charge in [-0.1, -0.05) is 13.8 Å². The second-order valence-electron chi connectivity index (χ2n) is 6.08. The highest BCUT2D eigenvalue weighted by atomic mass is 16.5. The molecule has 0 spiro atoms. The molecule has 0 aromatic carbocycles. The largest absolute Gasteiger partial charge is 0.383 e. The molecule has 1 amide bonds. The normalized spacial score (nSPS) is 18.8. The van der Waals surface area contributed by atoms with Crippen molar-refractivity contribution >= 4 is 5.91 Å². The fourth-order valence-corrected chi connectivity index (χ4v) is 2.85. The first-order valence-electron chi connectivity index (χ1n) is 7.60. The van der Waals surface area contributed by atoms with E-state index in [4.69, 9.17) is 4.74 Å². The third-order valence-electron chi connectivity index (χ3n) is 3.98. The number of aryl methyl sites for hydroxylation is 1. The summed E-state index contributed by atoms with van der Waals surface area (Å²) >= 11 is 0. The van der Waals surface area contributed by atoms with E-state index >= 15 is 0 Å². The number of carbonyl (C=O) groups is 1. The van der Waals surface area contributed by atoms with Gasteiger partial charge in [0.1, 0.15) is 5.82 Å². The van der Waals surface area contributed by atoms with Crippen LogP contribution in [0.25, 0.3) is 0 Å². The van der Waals surface area contributed by atoms with Crippen molar-refractivity contribution < 1.29 is 9.53 Å². The summed E-state index contributed by atoms with van der Waals surface area (Å²) in [5, 5.41) is 0. The first-order valence-corrected chi connectivity index (χ1v) is 7.60. The number of nitrogens with zero attached hydrogens (tertiary/aromatic N) is 3. The van der Waals surface area contributed by atoms with Gasteiger partial charge in [0.05, 0.1) is 6.61 Å². The predicted octanol–water partition coefficient (Wildman–Crippen LogP) is 1.95. The highest BCUT2D eigenvalue weighted by Crippen LogP contribution is 2.25. The Bertz CT molecular complexity index is 502. The van der Waals surface area contributed by atoms with Crippen LogP contribution in [-0.4, -0.2) is 47.6 Å². The topological polar surface area (TPSA) is 55.3 Å². The first kappa shape index (κ1) is 15.9. The third-order valence-corrected chi connectivity index (χ3v) is 3.98. The van der Waals surface area contributed by atoms with Gasteiger partial charge in [-0.15, -0.1) is 0 Å². The van der Waals surface area contributed by atoms with Crippen molar-refractivity contribution in [3.05, 3.63) is 23.3 Å². The predicted molar refractivity (Wildman–Crippen MR) is 81.1 cm³/mol. The van der Waals surface area contributed by atoms with E-state index in [2.05, 4.69) is 23.8 Å². The van der Waals surface area contributed by atoms with E-state index in [1.165, 1.54) is 5.56 Å². The number of aromatic nitrogens is 2. The molecular formula is C16H25N3O2. The maximum atomic E-state index is 12.0. The molecule has 1 aromatic heterocycles. The van der Waals surface area contributed by atoms with E-state index in [0.717, 1.165) is 24.5 Å². The van der Waals surface area contributed by atoms with Crippen molar-refractivity contribution in [1.29, 1.82) is 0 Å². The molecule has 21 heavy (non-hydrogen) atoms. The number of rotatable bonds is 6. The fraction of sp³-hybridized carbons (Fsp3) is 0.688. The van der Waals surface area contributed by atoms with Gasteiger partial charge in [0.15, 0.2) is 0 Å². The van der Waals surface area contributed by atoms with Crippen molar-refractivity contribution in [2.45, 2.75) is 39.5 Å². The molecule has 0 unspecified atom stereocenters. The smallest absolute Gasteiger partial charge is 0.223 e. The van der Waals surface area contributed by atoms with Gasteiger partial charge in [-0.2, -0.15) is 0 Å². The Hall–Kier alpha value is -1.49. The Morgan fingerprint density at radius 2 is 2.24 bits per heavy atom. The van der Waals surface area contributed by atoms with E-state index in [9.17, 15) is 4.79 Å². The summed E-state index contributed by atoms with van der Waals surface area (Å²) in [6.45, 7) is 8.32. The van der Waals surface area contributed by atoms with Gasteiger partial charge in [-0.05, 0) is 30.7 Å². The number of hydrogen-bond acceptors (Lipinski definition) is 4. The van der Waals surface area contributed by atoms with Crippen LogP contribution in [0.2, 0.25) is 0 Å². The molecule has 2 heterocycles. The van der Waals surface area contributed by atoms with Gasteiger partial charge in [0, 0.05) is 38.5 Å². The second kappa shape index (κ2) is 6.98. The summed E-state index contributed by atoms with van der Waals surface area (Å²) in [5.74, 6) is 1.78. The van der Waals surface area contributed by atoms with Crippen LogP contribution in [0.5, 0.6) is 0 Å². The van der Waals surface area contributed by atoms with E-state index in [1.54, 1.807) is 7.11 Å². The number of amides is 1. The van der Waals surface area contributed by atoms with Gasteiger partial charge in [0.25, 0.3) is 0 Å². The molecule has 1 aromatic rings. The molecule has 1 fully saturated rings. The third kappa shape index (κ3) is 4.00. The average Bonchev–Trinajstić information content (AvgIpc) is 2.76. The zero-order valence-corrected chi connectivity index (χ0v) is 13.4. The number of hydrogen-bond donors (Lipinski definition) is 0. The van der Waals surface area contributed by atoms with Crippen LogP contribution in [0, 0.1) is 12.8 Å². The van der Waals surface area contributed by atoms with Crippen LogP contribution in [0.3, 0.4) is 0 Å². The van der Waals surface area contributed by atoms with Gasteiger partial charge >= 0.3 is 0 Å². The van der Waals surface area contributed by atoms with Gasteiger partial charge in [-0.25, -0.2) is 9.97 Å². The molecular weight excluding hydrogens is 266 g/mol. The minimum atomic E-state index is 0.230. The Morgan fingerprint density at radius 3 is 2.90 bits per heavy atom. The molecule has 5 heteroatoms. The minimum absolute atomic E-state index is 0.230. The highest BCUT2D eigenvalue weighted by molar-refractivity contribution is 5.78. The molecule has 0 radical (unpaired) electrons. The maximum Gasteiger partial charge on any atom is 0.223 e.